The molecular weight excluding hydrogens is 262 g/mol. The van der Waals surface area contributed by atoms with E-state index in [9.17, 15) is 4.79 Å². The van der Waals surface area contributed by atoms with Gasteiger partial charge in [-0.05, 0) is 17.7 Å². The van der Waals surface area contributed by atoms with Gasteiger partial charge >= 0.3 is 0 Å². The molecule has 1 aromatic heterocycles. The Balaban J connectivity index is 1.91. The van der Waals surface area contributed by atoms with Crippen molar-refractivity contribution in [2.75, 3.05) is 5.32 Å². The van der Waals surface area contributed by atoms with Gasteiger partial charge in [-0.2, -0.15) is 0 Å². The Labute approximate surface area is 123 Å². The number of hydrogen-bond donors (Lipinski definition) is 1. The summed E-state index contributed by atoms with van der Waals surface area (Å²) >= 11 is 0. The Hall–Kier alpha value is -2.88. The van der Waals surface area contributed by atoms with Crippen molar-refractivity contribution < 1.29 is 4.79 Å². The highest BCUT2D eigenvalue weighted by Crippen LogP contribution is 2.20. The summed E-state index contributed by atoms with van der Waals surface area (Å²) in [5, 5.41) is 2.94. The molecule has 1 amide bonds. The number of amides is 1. The highest BCUT2D eigenvalue weighted by Gasteiger charge is 2.21. The van der Waals surface area contributed by atoms with Gasteiger partial charge in [0.25, 0.3) is 5.91 Å². The normalized spacial score (nSPS) is 11.8. The molecule has 0 aliphatic rings. The molecule has 0 saturated heterocycles. The smallest absolute Gasteiger partial charge is 0.252 e. The summed E-state index contributed by atoms with van der Waals surface area (Å²) in [4.78, 5) is 16.7. The number of benzene rings is 2. The summed E-state index contributed by atoms with van der Waals surface area (Å²) in [6, 6.07) is 18.7. The van der Waals surface area contributed by atoms with Crippen LogP contribution in [0.1, 0.15) is 11.6 Å². The average Bonchev–Trinajstić information content (AvgIpc) is 3.03. The maximum absolute atomic E-state index is 12.7. The number of hydrogen-bond acceptors (Lipinski definition) is 2. The van der Waals surface area contributed by atoms with Crippen LogP contribution in [0.2, 0.25) is 0 Å². The van der Waals surface area contributed by atoms with E-state index in [1.807, 2.05) is 60.7 Å². The van der Waals surface area contributed by atoms with E-state index in [2.05, 4.69) is 10.3 Å². The molecule has 1 N–H and O–H groups in total. The van der Waals surface area contributed by atoms with Crippen LogP contribution in [0.25, 0.3) is 0 Å². The zero-order valence-electron chi connectivity index (χ0n) is 11.4. The topological polar surface area (TPSA) is 46.9 Å². The predicted molar refractivity (Wildman–Crippen MR) is 81.9 cm³/mol. The Bertz CT molecular complexity index is 693. The molecule has 0 fully saturated rings. The van der Waals surface area contributed by atoms with Gasteiger partial charge < -0.3 is 9.88 Å². The third kappa shape index (κ3) is 3.00. The maximum Gasteiger partial charge on any atom is 0.252 e. The molecule has 1 atom stereocenters. The number of anilines is 1. The number of rotatable bonds is 4. The van der Waals surface area contributed by atoms with E-state index in [4.69, 9.17) is 0 Å². The Morgan fingerprint density at radius 3 is 2.29 bits per heavy atom. The van der Waals surface area contributed by atoms with Crippen LogP contribution in [0.4, 0.5) is 5.69 Å². The molecule has 104 valence electrons. The Kier molecular flexibility index (Phi) is 3.78. The molecule has 3 aromatic rings. The first-order chi connectivity index (χ1) is 10.3. The first-order valence-corrected chi connectivity index (χ1v) is 6.73. The van der Waals surface area contributed by atoms with Gasteiger partial charge in [-0.1, -0.05) is 48.5 Å². The van der Waals surface area contributed by atoms with Crippen LogP contribution in [0, 0.1) is 0 Å². The molecule has 4 heteroatoms. The van der Waals surface area contributed by atoms with Gasteiger partial charge in [0.15, 0.2) is 0 Å². The molecule has 0 aliphatic carbocycles. The number of nitrogens with zero attached hydrogens (tertiary/aromatic N) is 2. The molecule has 21 heavy (non-hydrogen) atoms. The monoisotopic (exact) mass is 277 g/mol. The van der Waals surface area contributed by atoms with Gasteiger partial charge in [0.05, 0.1) is 6.33 Å². The van der Waals surface area contributed by atoms with Crippen molar-refractivity contribution >= 4 is 11.6 Å². The van der Waals surface area contributed by atoms with Crippen LogP contribution in [-0.2, 0) is 4.79 Å². The van der Waals surface area contributed by atoms with Crippen molar-refractivity contribution in [3.05, 3.63) is 84.9 Å². The van der Waals surface area contributed by atoms with Gasteiger partial charge in [0.2, 0.25) is 0 Å². The number of nitrogens with one attached hydrogen (secondary N) is 1. The standard InChI is InChI=1S/C17H15N3O/c21-17(19-15-9-5-2-6-10-15)16(20-12-11-18-13-20)14-7-3-1-4-8-14/h1-13,16H,(H,19,21)/t16-/m0/s1. The number of aromatic nitrogens is 2. The molecular formula is C17H15N3O. The first-order valence-electron chi connectivity index (χ1n) is 6.73. The second-order valence-corrected chi connectivity index (χ2v) is 4.68. The first kappa shape index (κ1) is 13.1. The number of carbonyl (C=O) groups is 1. The minimum atomic E-state index is -0.436. The van der Waals surface area contributed by atoms with Crippen molar-refractivity contribution in [1.82, 2.24) is 9.55 Å². The number of imidazole rings is 1. The van der Waals surface area contributed by atoms with Crippen molar-refractivity contribution in [2.45, 2.75) is 6.04 Å². The zero-order valence-corrected chi connectivity index (χ0v) is 11.4. The Morgan fingerprint density at radius 1 is 1.00 bits per heavy atom. The molecule has 0 aliphatic heterocycles. The van der Waals surface area contributed by atoms with E-state index in [1.165, 1.54) is 0 Å². The molecule has 0 unspecified atom stereocenters. The molecule has 4 nitrogen and oxygen atoms in total. The van der Waals surface area contributed by atoms with Crippen LogP contribution in [0.3, 0.4) is 0 Å². The Morgan fingerprint density at radius 2 is 1.67 bits per heavy atom. The predicted octanol–water partition coefficient (Wildman–Crippen LogP) is 3.11. The third-order valence-corrected chi connectivity index (χ3v) is 3.23. The van der Waals surface area contributed by atoms with E-state index in [-0.39, 0.29) is 5.91 Å². The number of para-hydroxylation sites is 1. The minimum absolute atomic E-state index is 0.0922. The van der Waals surface area contributed by atoms with Gasteiger partial charge in [0.1, 0.15) is 6.04 Å². The molecule has 3 rings (SSSR count). The van der Waals surface area contributed by atoms with Crippen LogP contribution in [0.15, 0.2) is 79.4 Å². The summed E-state index contributed by atoms with van der Waals surface area (Å²) in [6.07, 6.45) is 5.12. The largest absolute Gasteiger partial charge is 0.324 e. The quantitative estimate of drug-likeness (QED) is 0.796. The highest BCUT2D eigenvalue weighted by molar-refractivity contribution is 5.95. The minimum Gasteiger partial charge on any atom is -0.324 e. The number of carbonyl (C=O) groups excluding carboxylic acids is 1. The van der Waals surface area contributed by atoms with Crippen LogP contribution >= 0.6 is 0 Å². The molecule has 0 spiro atoms. The van der Waals surface area contributed by atoms with Crippen LogP contribution in [0.5, 0.6) is 0 Å². The lowest BCUT2D eigenvalue weighted by Crippen LogP contribution is -2.26. The second-order valence-electron chi connectivity index (χ2n) is 4.68. The highest BCUT2D eigenvalue weighted by atomic mass is 16.2. The van der Waals surface area contributed by atoms with Gasteiger partial charge in [-0.15, -0.1) is 0 Å². The second kappa shape index (κ2) is 6.05. The zero-order chi connectivity index (χ0) is 14.5. The lowest BCUT2D eigenvalue weighted by molar-refractivity contribution is -0.118. The molecule has 2 aromatic carbocycles. The fraction of sp³-hybridized carbons (Fsp3) is 0.0588. The summed E-state index contributed by atoms with van der Waals surface area (Å²) in [5.74, 6) is -0.0922. The van der Waals surface area contributed by atoms with Crippen LogP contribution < -0.4 is 5.32 Å². The summed E-state index contributed by atoms with van der Waals surface area (Å²) in [6.45, 7) is 0. The van der Waals surface area contributed by atoms with E-state index in [1.54, 1.807) is 23.3 Å². The van der Waals surface area contributed by atoms with E-state index >= 15 is 0 Å². The molecule has 1 heterocycles. The SMILES string of the molecule is O=C(Nc1ccccc1)[C@H](c1ccccc1)n1ccnc1. The lowest BCUT2D eigenvalue weighted by Gasteiger charge is -2.18. The van der Waals surface area contributed by atoms with E-state index in [0.717, 1.165) is 11.3 Å². The molecule has 0 bridgehead atoms. The third-order valence-electron chi connectivity index (χ3n) is 3.23. The van der Waals surface area contributed by atoms with Crippen molar-refractivity contribution in [1.29, 1.82) is 0 Å². The van der Waals surface area contributed by atoms with Gasteiger partial charge in [-0.3, -0.25) is 4.79 Å². The fourth-order valence-electron chi connectivity index (χ4n) is 2.25. The average molecular weight is 277 g/mol. The molecule has 0 saturated carbocycles. The van der Waals surface area contributed by atoms with Crippen molar-refractivity contribution in [3.8, 4) is 0 Å². The summed E-state index contributed by atoms with van der Waals surface area (Å²) in [5.41, 5.74) is 1.70. The van der Waals surface area contributed by atoms with Gasteiger partial charge in [0, 0.05) is 18.1 Å². The van der Waals surface area contributed by atoms with Crippen LogP contribution in [-0.4, -0.2) is 15.5 Å². The van der Waals surface area contributed by atoms with E-state index in [0.29, 0.717) is 0 Å². The van der Waals surface area contributed by atoms with Crippen molar-refractivity contribution in [3.63, 3.8) is 0 Å². The lowest BCUT2D eigenvalue weighted by atomic mass is 10.1. The maximum atomic E-state index is 12.7. The summed E-state index contributed by atoms with van der Waals surface area (Å²) in [7, 11) is 0. The molecule has 0 radical (unpaired) electrons. The van der Waals surface area contributed by atoms with Gasteiger partial charge in [-0.25, -0.2) is 4.98 Å². The summed E-state index contributed by atoms with van der Waals surface area (Å²) < 4.78 is 1.80. The van der Waals surface area contributed by atoms with E-state index < -0.39 is 6.04 Å². The fourth-order valence-corrected chi connectivity index (χ4v) is 2.25. The van der Waals surface area contributed by atoms with Crippen molar-refractivity contribution in [2.24, 2.45) is 0 Å².